The Morgan fingerprint density at radius 1 is 1.08 bits per heavy atom. The molecule has 0 bridgehead atoms. The predicted octanol–water partition coefficient (Wildman–Crippen LogP) is 2.21. The summed E-state index contributed by atoms with van der Waals surface area (Å²) < 4.78 is 5.35. The molecule has 1 aliphatic rings. The van der Waals surface area contributed by atoms with Crippen LogP contribution in [0.4, 0.5) is 5.95 Å². The standard InChI is InChI=1S/C19H20N4O2/c1-14-3-4-16-15(12-18(24)25-17(16)11-14)13-22-7-9-23(10-8-22)19-20-5-2-6-21-19/h2-6,11-12H,7-10,13H2,1H3. The number of anilines is 1. The number of hydrogen-bond acceptors (Lipinski definition) is 6. The van der Waals surface area contributed by atoms with E-state index in [1.165, 1.54) is 0 Å². The maximum Gasteiger partial charge on any atom is 0.336 e. The smallest absolute Gasteiger partial charge is 0.336 e. The Morgan fingerprint density at radius 2 is 1.84 bits per heavy atom. The second-order valence-corrected chi connectivity index (χ2v) is 6.40. The first-order valence-electron chi connectivity index (χ1n) is 8.47. The molecule has 25 heavy (non-hydrogen) atoms. The van der Waals surface area contributed by atoms with E-state index in [1.54, 1.807) is 18.5 Å². The highest BCUT2D eigenvalue weighted by Crippen LogP contribution is 2.21. The quantitative estimate of drug-likeness (QED) is 0.684. The number of piperazine rings is 1. The van der Waals surface area contributed by atoms with E-state index in [-0.39, 0.29) is 5.63 Å². The molecule has 4 rings (SSSR count). The third-order valence-corrected chi connectivity index (χ3v) is 4.59. The van der Waals surface area contributed by atoms with Gasteiger partial charge < -0.3 is 9.32 Å². The molecule has 0 aliphatic carbocycles. The maximum absolute atomic E-state index is 11.9. The molecule has 1 saturated heterocycles. The maximum atomic E-state index is 11.9. The van der Waals surface area contributed by atoms with Crippen molar-refractivity contribution >= 4 is 16.9 Å². The minimum Gasteiger partial charge on any atom is -0.423 e. The molecule has 3 heterocycles. The number of aromatic nitrogens is 2. The van der Waals surface area contributed by atoms with E-state index in [9.17, 15) is 4.79 Å². The molecule has 6 nitrogen and oxygen atoms in total. The molecule has 3 aromatic rings. The lowest BCUT2D eigenvalue weighted by atomic mass is 10.1. The summed E-state index contributed by atoms with van der Waals surface area (Å²) in [4.78, 5) is 25.1. The van der Waals surface area contributed by atoms with Crippen LogP contribution in [-0.2, 0) is 6.54 Å². The van der Waals surface area contributed by atoms with Gasteiger partial charge in [-0.2, -0.15) is 0 Å². The molecular formula is C19H20N4O2. The van der Waals surface area contributed by atoms with Gasteiger partial charge >= 0.3 is 5.63 Å². The average Bonchev–Trinajstić information content (AvgIpc) is 2.62. The number of fused-ring (bicyclic) bond motifs is 1. The summed E-state index contributed by atoms with van der Waals surface area (Å²) >= 11 is 0. The SMILES string of the molecule is Cc1ccc2c(CN3CCN(c4ncccn4)CC3)cc(=O)oc2c1. The first-order chi connectivity index (χ1) is 12.2. The van der Waals surface area contributed by atoms with Crippen LogP contribution < -0.4 is 10.5 Å². The second-order valence-electron chi connectivity index (χ2n) is 6.40. The van der Waals surface area contributed by atoms with Crippen molar-refractivity contribution in [2.45, 2.75) is 13.5 Å². The fraction of sp³-hybridized carbons (Fsp3) is 0.316. The van der Waals surface area contributed by atoms with Gasteiger partial charge in [0, 0.05) is 56.6 Å². The Labute approximate surface area is 145 Å². The van der Waals surface area contributed by atoms with Crippen LogP contribution in [0, 0.1) is 6.92 Å². The normalized spacial score (nSPS) is 15.6. The Hall–Kier alpha value is -2.73. The van der Waals surface area contributed by atoms with Crippen LogP contribution in [0.3, 0.4) is 0 Å². The van der Waals surface area contributed by atoms with Crippen LogP contribution in [0.2, 0.25) is 0 Å². The highest BCUT2D eigenvalue weighted by molar-refractivity contribution is 5.80. The van der Waals surface area contributed by atoms with E-state index >= 15 is 0 Å². The van der Waals surface area contributed by atoms with Crippen molar-refractivity contribution < 1.29 is 4.42 Å². The topological polar surface area (TPSA) is 62.5 Å². The Kier molecular flexibility index (Phi) is 4.19. The zero-order valence-electron chi connectivity index (χ0n) is 14.2. The van der Waals surface area contributed by atoms with Crippen molar-refractivity contribution in [3.8, 4) is 0 Å². The average molecular weight is 336 g/mol. The summed E-state index contributed by atoms with van der Waals surface area (Å²) in [6.07, 6.45) is 3.54. The fourth-order valence-corrected chi connectivity index (χ4v) is 3.27. The molecule has 0 amide bonds. The summed E-state index contributed by atoms with van der Waals surface area (Å²) in [6, 6.07) is 9.45. The molecule has 1 fully saturated rings. The molecule has 0 N–H and O–H groups in total. The molecule has 1 aliphatic heterocycles. The number of hydrogen-bond donors (Lipinski definition) is 0. The van der Waals surface area contributed by atoms with Crippen molar-refractivity contribution in [2.75, 3.05) is 31.1 Å². The van der Waals surface area contributed by atoms with Crippen LogP contribution in [0.25, 0.3) is 11.0 Å². The van der Waals surface area contributed by atoms with E-state index in [1.807, 2.05) is 25.1 Å². The van der Waals surface area contributed by atoms with Crippen LogP contribution in [0.5, 0.6) is 0 Å². The Bertz CT molecular complexity index is 931. The lowest BCUT2D eigenvalue weighted by Crippen LogP contribution is -2.46. The van der Waals surface area contributed by atoms with Crippen LogP contribution in [0.15, 0.2) is 51.9 Å². The van der Waals surface area contributed by atoms with Gasteiger partial charge in [0.05, 0.1) is 0 Å². The predicted molar refractivity (Wildman–Crippen MR) is 96.7 cm³/mol. The zero-order valence-corrected chi connectivity index (χ0v) is 14.2. The minimum absolute atomic E-state index is 0.288. The molecule has 0 radical (unpaired) electrons. The highest BCUT2D eigenvalue weighted by atomic mass is 16.4. The number of aryl methyl sites for hydroxylation is 1. The minimum atomic E-state index is -0.288. The molecule has 128 valence electrons. The largest absolute Gasteiger partial charge is 0.423 e. The second kappa shape index (κ2) is 6.64. The summed E-state index contributed by atoms with van der Waals surface area (Å²) in [7, 11) is 0. The highest BCUT2D eigenvalue weighted by Gasteiger charge is 2.19. The van der Waals surface area contributed by atoms with Crippen molar-refractivity contribution in [3.05, 3.63) is 64.3 Å². The van der Waals surface area contributed by atoms with Gasteiger partial charge in [-0.05, 0) is 30.2 Å². The van der Waals surface area contributed by atoms with Crippen LogP contribution in [-0.4, -0.2) is 41.0 Å². The van der Waals surface area contributed by atoms with Gasteiger partial charge in [-0.1, -0.05) is 12.1 Å². The molecular weight excluding hydrogens is 316 g/mol. The summed E-state index contributed by atoms with van der Waals surface area (Å²) in [6.45, 7) is 6.31. The van der Waals surface area contributed by atoms with Crippen molar-refractivity contribution in [2.24, 2.45) is 0 Å². The van der Waals surface area contributed by atoms with Gasteiger partial charge in [0.2, 0.25) is 5.95 Å². The fourth-order valence-electron chi connectivity index (χ4n) is 3.27. The molecule has 0 spiro atoms. The molecule has 2 aromatic heterocycles. The summed E-state index contributed by atoms with van der Waals surface area (Å²) in [5.41, 5.74) is 2.49. The van der Waals surface area contributed by atoms with E-state index in [0.29, 0.717) is 5.58 Å². The van der Waals surface area contributed by atoms with Crippen molar-refractivity contribution in [1.82, 2.24) is 14.9 Å². The van der Waals surface area contributed by atoms with Gasteiger partial charge in [0.1, 0.15) is 5.58 Å². The zero-order chi connectivity index (χ0) is 17.2. The van der Waals surface area contributed by atoms with E-state index in [0.717, 1.165) is 55.2 Å². The number of rotatable bonds is 3. The first-order valence-corrected chi connectivity index (χ1v) is 8.47. The first kappa shape index (κ1) is 15.8. The van der Waals surface area contributed by atoms with Gasteiger partial charge in [-0.25, -0.2) is 14.8 Å². The van der Waals surface area contributed by atoms with Gasteiger partial charge in [-0.15, -0.1) is 0 Å². The Morgan fingerprint density at radius 3 is 2.60 bits per heavy atom. The van der Waals surface area contributed by atoms with E-state index in [2.05, 4.69) is 25.8 Å². The van der Waals surface area contributed by atoms with Crippen molar-refractivity contribution in [3.63, 3.8) is 0 Å². The third kappa shape index (κ3) is 3.39. The monoisotopic (exact) mass is 336 g/mol. The van der Waals surface area contributed by atoms with Gasteiger partial charge in [0.15, 0.2) is 0 Å². The summed E-state index contributed by atoms with van der Waals surface area (Å²) in [5, 5.41) is 1.01. The van der Waals surface area contributed by atoms with Gasteiger partial charge in [-0.3, -0.25) is 4.90 Å². The lowest BCUT2D eigenvalue weighted by Gasteiger charge is -2.34. The third-order valence-electron chi connectivity index (χ3n) is 4.59. The molecule has 0 unspecified atom stereocenters. The van der Waals surface area contributed by atoms with E-state index < -0.39 is 0 Å². The van der Waals surface area contributed by atoms with Crippen LogP contribution >= 0.6 is 0 Å². The number of nitrogens with zero attached hydrogens (tertiary/aromatic N) is 4. The lowest BCUT2D eigenvalue weighted by molar-refractivity contribution is 0.249. The van der Waals surface area contributed by atoms with Gasteiger partial charge in [0.25, 0.3) is 0 Å². The van der Waals surface area contributed by atoms with Crippen LogP contribution in [0.1, 0.15) is 11.1 Å². The van der Waals surface area contributed by atoms with E-state index in [4.69, 9.17) is 4.42 Å². The Balaban J connectivity index is 1.50. The molecule has 0 saturated carbocycles. The summed E-state index contributed by atoms with van der Waals surface area (Å²) in [5.74, 6) is 0.781. The van der Waals surface area contributed by atoms with Crippen molar-refractivity contribution in [1.29, 1.82) is 0 Å². The molecule has 0 atom stereocenters. The number of benzene rings is 1. The molecule has 6 heteroatoms. The molecule has 1 aromatic carbocycles.